The lowest BCUT2D eigenvalue weighted by molar-refractivity contribution is -0.0246. The summed E-state index contributed by atoms with van der Waals surface area (Å²) in [6.07, 6.45) is 5.01. The van der Waals surface area contributed by atoms with Crippen molar-refractivity contribution in [1.29, 1.82) is 0 Å². The molecule has 1 aromatic rings. The van der Waals surface area contributed by atoms with Gasteiger partial charge in [-0.15, -0.1) is 0 Å². The molecular weight excluding hydrogens is 226 g/mol. The molecule has 0 radical (unpaired) electrons. The molecule has 0 amide bonds. The molecule has 2 rings (SSSR count). The topological polar surface area (TPSA) is 41.5 Å². The molecule has 0 spiro atoms. The Morgan fingerprint density at radius 3 is 2.81 bits per heavy atom. The third-order valence-corrected chi connectivity index (χ3v) is 3.25. The highest BCUT2D eigenvalue weighted by atomic mass is 35.5. The number of rotatable bonds is 4. The van der Waals surface area contributed by atoms with Crippen molar-refractivity contribution >= 4 is 11.6 Å². The number of halogens is 1. The average molecular weight is 242 g/mol. The maximum absolute atomic E-state index is 9.60. The number of aromatic hydroxyl groups is 1. The maximum atomic E-state index is 9.60. The van der Waals surface area contributed by atoms with Crippen molar-refractivity contribution < 1.29 is 9.94 Å². The Morgan fingerprint density at radius 2 is 2.12 bits per heavy atom. The van der Waals surface area contributed by atoms with Gasteiger partial charge in [-0.05, 0) is 25.0 Å². The molecule has 2 N–H and O–H groups in total. The number of nitrogens with one attached hydrogen (secondary N) is 1. The Kier molecular flexibility index (Phi) is 4.04. The van der Waals surface area contributed by atoms with E-state index in [0.29, 0.717) is 23.2 Å². The van der Waals surface area contributed by atoms with E-state index in [1.165, 1.54) is 12.8 Å². The second-order valence-corrected chi connectivity index (χ2v) is 4.49. The van der Waals surface area contributed by atoms with Crippen LogP contribution in [-0.2, 0) is 11.4 Å². The molecular formula is C12H16ClNO2. The summed E-state index contributed by atoms with van der Waals surface area (Å²) in [7, 11) is 0. The van der Waals surface area contributed by atoms with E-state index in [4.69, 9.17) is 16.4 Å². The van der Waals surface area contributed by atoms with E-state index in [1.807, 2.05) is 0 Å². The standard InChI is InChI=1S/C12H16ClNO2/c13-11-6-3-7-12(15)10(11)8-14-16-9-4-1-2-5-9/h3,6-7,9,14-15H,1-2,4-5,8H2. The summed E-state index contributed by atoms with van der Waals surface area (Å²) in [5.74, 6) is 0.204. The van der Waals surface area contributed by atoms with E-state index in [1.54, 1.807) is 18.2 Å². The number of hydroxylamine groups is 1. The van der Waals surface area contributed by atoms with Crippen molar-refractivity contribution in [3.63, 3.8) is 0 Å². The molecule has 0 saturated heterocycles. The fraction of sp³-hybridized carbons (Fsp3) is 0.500. The summed E-state index contributed by atoms with van der Waals surface area (Å²) in [5, 5.41) is 10.2. The van der Waals surface area contributed by atoms with Crippen LogP contribution in [0.5, 0.6) is 5.75 Å². The van der Waals surface area contributed by atoms with Crippen LogP contribution in [0.3, 0.4) is 0 Å². The van der Waals surface area contributed by atoms with Gasteiger partial charge in [-0.25, -0.2) is 0 Å². The first-order valence-electron chi connectivity index (χ1n) is 5.62. The maximum Gasteiger partial charge on any atom is 0.121 e. The number of phenols is 1. The first-order valence-corrected chi connectivity index (χ1v) is 6.00. The van der Waals surface area contributed by atoms with E-state index < -0.39 is 0 Å². The Hall–Kier alpha value is -0.770. The number of benzene rings is 1. The van der Waals surface area contributed by atoms with Crippen LogP contribution < -0.4 is 5.48 Å². The minimum Gasteiger partial charge on any atom is -0.508 e. The second-order valence-electron chi connectivity index (χ2n) is 4.08. The van der Waals surface area contributed by atoms with Gasteiger partial charge in [-0.1, -0.05) is 30.5 Å². The van der Waals surface area contributed by atoms with Gasteiger partial charge in [0.05, 0.1) is 12.6 Å². The van der Waals surface area contributed by atoms with Crippen LogP contribution in [0.2, 0.25) is 5.02 Å². The summed E-state index contributed by atoms with van der Waals surface area (Å²) < 4.78 is 0. The fourth-order valence-corrected chi connectivity index (χ4v) is 2.20. The fourth-order valence-electron chi connectivity index (χ4n) is 1.96. The molecule has 1 aliphatic rings. The summed E-state index contributed by atoms with van der Waals surface area (Å²) in [5.41, 5.74) is 3.56. The molecule has 16 heavy (non-hydrogen) atoms. The van der Waals surface area contributed by atoms with E-state index in [-0.39, 0.29) is 5.75 Å². The Labute approximate surface area is 100 Å². The predicted octanol–water partition coefficient (Wildman–Crippen LogP) is 3.01. The molecule has 1 aliphatic carbocycles. The van der Waals surface area contributed by atoms with Crippen molar-refractivity contribution in [3.05, 3.63) is 28.8 Å². The summed E-state index contributed by atoms with van der Waals surface area (Å²) in [6.45, 7) is 0.433. The van der Waals surface area contributed by atoms with Gasteiger partial charge in [-0.2, -0.15) is 5.48 Å². The average Bonchev–Trinajstić information content (AvgIpc) is 2.75. The van der Waals surface area contributed by atoms with E-state index in [0.717, 1.165) is 12.8 Å². The molecule has 0 unspecified atom stereocenters. The highest BCUT2D eigenvalue weighted by Gasteiger charge is 2.15. The molecule has 1 aromatic carbocycles. The van der Waals surface area contributed by atoms with Gasteiger partial charge < -0.3 is 5.11 Å². The van der Waals surface area contributed by atoms with Crippen LogP contribution in [0.25, 0.3) is 0 Å². The van der Waals surface area contributed by atoms with Gasteiger partial charge in [0.25, 0.3) is 0 Å². The number of phenolic OH excluding ortho intramolecular Hbond substituents is 1. The van der Waals surface area contributed by atoms with Gasteiger partial charge in [0, 0.05) is 10.6 Å². The van der Waals surface area contributed by atoms with Gasteiger partial charge >= 0.3 is 0 Å². The molecule has 0 bridgehead atoms. The van der Waals surface area contributed by atoms with Crippen LogP contribution in [0.15, 0.2) is 18.2 Å². The zero-order valence-electron chi connectivity index (χ0n) is 9.08. The lowest BCUT2D eigenvalue weighted by Crippen LogP contribution is -2.21. The minimum absolute atomic E-state index is 0.204. The first-order chi connectivity index (χ1) is 7.77. The van der Waals surface area contributed by atoms with Crippen LogP contribution in [0.4, 0.5) is 0 Å². The van der Waals surface area contributed by atoms with Gasteiger partial charge in [0.15, 0.2) is 0 Å². The first kappa shape index (κ1) is 11.7. The molecule has 3 nitrogen and oxygen atoms in total. The molecule has 0 heterocycles. The van der Waals surface area contributed by atoms with Crippen molar-refractivity contribution in [2.45, 2.75) is 38.3 Å². The van der Waals surface area contributed by atoms with Crippen LogP contribution in [0.1, 0.15) is 31.2 Å². The van der Waals surface area contributed by atoms with Crippen LogP contribution in [-0.4, -0.2) is 11.2 Å². The van der Waals surface area contributed by atoms with Crippen molar-refractivity contribution in [1.82, 2.24) is 5.48 Å². The summed E-state index contributed by atoms with van der Waals surface area (Å²) >= 11 is 5.97. The smallest absolute Gasteiger partial charge is 0.121 e. The molecule has 4 heteroatoms. The van der Waals surface area contributed by atoms with Gasteiger partial charge in [-0.3, -0.25) is 4.84 Å². The van der Waals surface area contributed by atoms with E-state index in [9.17, 15) is 5.11 Å². The molecule has 1 saturated carbocycles. The zero-order valence-corrected chi connectivity index (χ0v) is 9.83. The lowest BCUT2D eigenvalue weighted by Gasteiger charge is -2.13. The third-order valence-electron chi connectivity index (χ3n) is 2.90. The second kappa shape index (κ2) is 5.53. The Morgan fingerprint density at radius 1 is 1.38 bits per heavy atom. The molecule has 0 aromatic heterocycles. The molecule has 88 valence electrons. The number of hydrogen-bond donors (Lipinski definition) is 2. The normalized spacial score (nSPS) is 16.8. The van der Waals surface area contributed by atoms with Crippen LogP contribution in [0, 0.1) is 0 Å². The Balaban J connectivity index is 1.84. The van der Waals surface area contributed by atoms with E-state index in [2.05, 4.69) is 5.48 Å². The van der Waals surface area contributed by atoms with Gasteiger partial charge in [0.1, 0.15) is 5.75 Å². The highest BCUT2D eigenvalue weighted by molar-refractivity contribution is 6.31. The summed E-state index contributed by atoms with van der Waals surface area (Å²) in [4.78, 5) is 5.50. The molecule has 0 atom stereocenters. The van der Waals surface area contributed by atoms with Crippen molar-refractivity contribution in [2.24, 2.45) is 0 Å². The van der Waals surface area contributed by atoms with Crippen molar-refractivity contribution in [3.8, 4) is 5.75 Å². The zero-order chi connectivity index (χ0) is 11.4. The lowest BCUT2D eigenvalue weighted by atomic mass is 10.2. The Bertz CT molecular complexity index is 331. The van der Waals surface area contributed by atoms with Crippen LogP contribution >= 0.6 is 11.6 Å². The SMILES string of the molecule is Oc1cccc(Cl)c1CNOC1CCCC1. The highest BCUT2D eigenvalue weighted by Crippen LogP contribution is 2.25. The third kappa shape index (κ3) is 2.88. The van der Waals surface area contributed by atoms with Crippen molar-refractivity contribution in [2.75, 3.05) is 0 Å². The number of hydrogen-bond acceptors (Lipinski definition) is 3. The minimum atomic E-state index is 0.204. The van der Waals surface area contributed by atoms with E-state index >= 15 is 0 Å². The monoisotopic (exact) mass is 241 g/mol. The molecule has 1 fully saturated rings. The largest absolute Gasteiger partial charge is 0.508 e. The quantitative estimate of drug-likeness (QED) is 0.797. The summed E-state index contributed by atoms with van der Waals surface area (Å²) in [6, 6.07) is 5.10. The van der Waals surface area contributed by atoms with Gasteiger partial charge in [0.2, 0.25) is 0 Å². The predicted molar refractivity (Wildman–Crippen MR) is 63.3 cm³/mol. The molecule has 0 aliphatic heterocycles.